The van der Waals surface area contributed by atoms with Gasteiger partial charge in [0.15, 0.2) is 0 Å². The number of methoxy groups -OCH3 is 1. The first-order valence-corrected chi connectivity index (χ1v) is 10.9. The fourth-order valence-corrected chi connectivity index (χ4v) is 4.63. The topological polar surface area (TPSA) is 47.4 Å². The molecule has 0 bridgehead atoms. The average molecular weight is 438 g/mol. The first-order chi connectivity index (χ1) is 15.0. The molecule has 160 valence electrons. The summed E-state index contributed by atoms with van der Waals surface area (Å²) in [5, 5.41) is 5.59. The maximum atomic E-state index is 13.4. The third-order valence-electron chi connectivity index (χ3n) is 5.13. The minimum atomic E-state index is -0.260. The predicted octanol–water partition coefficient (Wildman–Crippen LogP) is 4.88. The summed E-state index contributed by atoms with van der Waals surface area (Å²) >= 11 is 1.44. The Morgan fingerprint density at radius 1 is 1.13 bits per heavy atom. The highest BCUT2D eigenvalue weighted by atomic mass is 32.1. The number of ether oxygens (including phenoxy) is 1. The number of hydrogen-bond donors (Lipinski definition) is 0. The van der Waals surface area contributed by atoms with Crippen LogP contribution in [0.1, 0.15) is 26.5 Å². The molecule has 0 aliphatic rings. The highest BCUT2D eigenvalue weighted by molar-refractivity contribution is 7.20. The summed E-state index contributed by atoms with van der Waals surface area (Å²) in [4.78, 5) is 16.8. The molecular weight excluding hydrogens is 413 g/mol. The number of rotatable bonds is 8. The van der Waals surface area contributed by atoms with Gasteiger partial charge in [-0.1, -0.05) is 42.5 Å². The van der Waals surface area contributed by atoms with E-state index in [1.54, 1.807) is 19.2 Å². The van der Waals surface area contributed by atoms with Gasteiger partial charge in [0.25, 0.3) is 5.91 Å². The summed E-state index contributed by atoms with van der Waals surface area (Å²) in [5.74, 6) is -0.279. The van der Waals surface area contributed by atoms with Crippen LogP contribution in [0.2, 0.25) is 0 Å². The second-order valence-electron chi connectivity index (χ2n) is 7.40. The van der Waals surface area contributed by atoms with E-state index in [9.17, 15) is 9.18 Å². The van der Waals surface area contributed by atoms with Crippen LogP contribution in [0, 0.1) is 12.7 Å². The van der Waals surface area contributed by atoms with E-state index >= 15 is 0 Å². The van der Waals surface area contributed by atoms with Crippen molar-refractivity contribution in [2.24, 2.45) is 0 Å². The number of fused-ring (bicyclic) bond motifs is 1. The monoisotopic (exact) mass is 437 g/mol. The predicted molar refractivity (Wildman–Crippen MR) is 121 cm³/mol. The van der Waals surface area contributed by atoms with Crippen LogP contribution in [0.4, 0.5) is 4.39 Å². The summed E-state index contributed by atoms with van der Waals surface area (Å²) in [6.07, 6.45) is 0. The van der Waals surface area contributed by atoms with Crippen LogP contribution in [-0.2, 0) is 17.8 Å². The molecular formula is C24H24FN3O2S. The zero-order chi connectivity index (χ0) is 21.8. The van der Waals surface area contributed by atoms with Crippen LogP contribution in [0.15, 0.2) is 60.7 Å². The number of thiophene rings is 1. The van der Waals surface area contributed by atoms with Gasteiger partial charge in [0.05, 0.1) is 23.7 Å². The maximum absolute atomic E-state index is 13.4. The third-order valence-corrected chi connectivity index (χ3v) is 6.27. The number of carbonyl (C=O) groups excluding carboxylic acids is 1. The molecule has 5 nitrogen and oxygen atoms in total. The van der Waals surface area contributed by atoms with Gasteiger partial charge in [-0.15, -0.1) is 11.3 Å². The molecule has 7 heteroatoms. The molecule has 4 rings (SSSR count). The summed E-state index contributed by atoms with van der Waals surface area (Å²) in [7, 11) is 1.64. The number of aromatic nitrogens is 2. The van der Waals surface area contributed by atoms with Gasteiger partial charge in [0.1, 0.15) is 10.6 Å². The fraction of sp³-hybridized carbons (Fsp3) is 0.250. The van der Waals surface area contributed by atoms with Crippen molar-refractivity contribution in [3.05, 3.63) is 88.2 Å². The number of amides is 1. The van der Waals surface area contributed by atoms with E-state index in [-0.39, 0.29) is 11.7 Å². The van der Waals surface area contributed by atoms with Gasteiger partial charge >= 0.3 is 0 Å². The molecule has 0 saturated heterocycles. The smallest absolute Gasteiger partial charge is 0.264 e. The molecule has 0 N–H and O–H groups in total. The van der Waals surface area contributed by atoms with Crippen molar-refractivity contribution in [2.45, 2.75) is 20.0 Å². The van der Waals surface area contributed by atoms with Gasteiger partial charge in [-0.2, -0.15) is 5.10 Å². The highest BCUT2D eigenvalue weighted by Crippen LogP contribution is 2.30. The van der Waals surface area contributed by atoms with E-state index in [1.807, 2.05) is 52.9 Å². The largest absolute Gasteiger partial charge is 0.383 e. The zero-order valence-electron chi connectivity index (χ0n) is 17.5. The molecule has 0 fully saturated rings. The second kappa shape index (κ2) is 9.41. The molecule has 0 saturated carbocycles. The summed E-state index contributed by atoms with van der Waals surface area (Å²) in [6, 6.07) is 18.3. The minimum absolute atomic E-state index is 0.0187. The normalized spacial score (nSPS) is 11.2. The van der Waals surface area contributed by atoms with Crippen LogP contribution in [-0.4, -0.2) is 40.8 Å². The van der Waals surface area contributed by atoms with Crippen LogP contribution in [0.5, 0.6) is 0 Å². The summed E-state index contributed by atoms with van der Waals surface area (Å²) in [6.45, 7) is 3.98. The molecule has 4 aromatic rings. The van der Waals surface area contributed by atoms with Crippen LogP contribution in [0.25, 0.3) is 10.2 Å². The molecule has 0 spiro atoms. The van der Waals surface area contributed by atoms with E-state index in [2.05, 4.69) is 5.10 Å². The number of benzene rings is 2. The van der Waals surface area contributed by atoms with E-state index in [0.29, 0.717) is 31.1 Å². The summed E-state index contributed by atoms with van der Waals surface area (Å²) < 4.78 is 20.3. The molecule has 1 amide bonds. The molecule has 2 aromatic carbocycles. The quantitative estimate of drug-likeness (QED) is 0.395. The van der Waals surface area contributed by atoms with Crippen molar-refractivity contribution in [3.63, 3.8) is 0 Å². The van der Waals surface area contributed by atoms with Crippen LogP contribution < -0.4 is 0 Å². The SMILES string of the molecule is COCCN(Cc1ccccc1)C(=O)c1cc2c(C)nn(Cc3ccc(F)cc3)c2s1. The highest BCUT2D eigenvalue weighted by Gasteiger charge is 2.21. The molecule has 31 heavy (non-hydrogen) atoms. The number of hydrogen-bond acceptors (Lipinski definition) is 4. The van der Waals surface area contributed by atoms with Crippen LogP contribution in [0.3, 0.4) is 0 Å². The lowest BCUT2D eigenvalue weighted by atomic mass is 10.2. The summed E-state index contributed by atoms with van der Waals surface area (Å²) in [5.41, 5.74) is 2.91. The molecule has 0 aliphatic heterocycles. The minimum Gasteiger partial charge on any atom is -0.383 e. The Bertz CT molecular complexity index is 1170. The Balaban J connectivity index is 1.61. The molecule has 2 heterocycles. The van der Waals surface area contributed by atoms with Crippen molar-refractivity contribution in [3.8, 4) is 0 Å². The van der Waals surface area contributed by atoms with Gasteiger partial charge < -0.3 is 9.64 Å². The number of halogens is 1. The lowest BCUT2D eigenvalue weighted by molar-refractivity contribution is 0.0685. The molecule has 0 atom stereocenters. The van der Waals surface area contributed by atoms with E-state index in [4.69, 9.17) is 4.74 Å². The van der Waals surface area contributed by atoms with E-state index in [0.717, 1.165) is 27.0 Å². The zero-order valence-corrected chi connectivity index (χ0v) is 18.4. The maximum Gasteiger partial charge on any atom is 0.264 e. The number of nitrogens with zero attached hydrogens (tertiary/aromatic N) is 3. The van der Waals surface area contributed by atoms with E-state index in [1.165, 1.54) is 23.5 Å². The Morgan fingerprint density at radius 2 is 1.87 bits per heavy atom. The van der Waals surface area contributed by atoms with E-state index < -0.39 is 0 Å². The number of aryl methyl sites for hydroxylation is 1. The standard InChI is InChI=1S/C24H24FN3O2S/c1-17-21-14-22(23(29)27(12-13-30-2)15-18-6-4-3-5-7-18)31-24(21)28(26-17)16-19-8-10-20(25)11-9-19/h3-11,14H,12-13,15-16H2,1-2H3. The third kappa shape index (κ3) is 4.84. The van der Waals surface area contributed by atoms with Gasteiger partial charge in [0.2, 0.25) is 0 Å². The fourth-order valence-electron chi connectivity index (χ4n) is 3.50. The Hall–Kier alpha value is -3.03. The molecule has 2 aromatic heterocycles. The van der Waals surface area contributed by atoms with Crippen molar-refractivity contribution in [1.29, 1.82) is 0 Å². The molecule has 0 radical (unpaired) electrons. The average Bonchev–Trinajstić information content (AvgIpc) is 3.34. The second-order valence-corrected chi connectivity index (χ2v) is 8.43. The molecule has 0 unspecified atom stereocenters. The Morgan fingerprint density at radius 3 is 2.58 bits per heavy atom. The lowest BCUT2D eigenvalue weighted by Crippen LogP contribution is -2.33. The van der Waals surface area contributed by atoms with Crippen LogP contribution >= 0.6 is 11.3 Å². The van der Waals surface area contributed by atoms with Gasteiger partial charge in [-0.25, -0.2) is 4.39 Å². The van der Waals surface area contributed by atoms with Gasteiger partial charge in [-0.3, -0.25) is 9.48 Å². The molecule has 0 aliphatic carbocycles. The Kier molecular flexibility index (Phi) is 6.44. The van der Waals surface area contributed by atoms with Gasteiger partial charge in [0, 0.05) is 25.6 Å². The first-order valence-electron chi connectivity index (χ1n) is 10.1. The van der Waals surface area contributed by atoms with Crippen molar-refractivity contribution in [2.75, 3.05) is 20.3 Å². The first kappa shape index (κ1) is 21.2. The van der Waals surface area contributed by atoms with Crippen molar-refractivity contribution < 1.29 is 13.9 Å². The van der Waals surface area contributed by atoms with Crippen molar-refractivity contribution in [1.82, 2.24) is 14.7 Å². The lowest BCUT2D eigenvalue weighted by Gasteiger charge is -2.22. The Labute approximate surface area is 184 Å². The van der Waals surface area contributed by atoms with Crippen molar-refractivity contribution >= 4 is 27.5 Å². The van der Waals surface area contributed by atoms with Gasteiger partial charge in [-0.05, 0) is 36.2 Å². The number of carbonyl (C=O) groups is 1.